The lowest BCUT2D eigenvalue weighted by atomic mass is 10.2. The summed E-state index contributed by atoms with van der Waals surface area (Å²) < 4.78 is 3.92. The summed E-state index contributed by atoms with van der Waals surface area (Å²) in [5.74, 6) is 1.68. The largest absolute Gasteiger partial charge is 0.354 e. The third kappa shape index (κ3) is 3.48. The molecule has 0 bridgehead atoms. The summed E-state index contributed by atoms with van der Waals surface area (Å²) in [5, 5.41) is 11.8. The SMILES string of the molecule is Cc1ccc(NC(=S)/N=c2/n(-c3ccccc3)nc3n2CCN3C2=NCCN2)cc1. The molecule has 2 aliphatic heterocycles. The van der Waals surface area contributed by atoms with E-state index in [1.807, 2.05) is 59.3 Å². The van der Waals surface area contributed by atoms with Crippen LogP contribution in [0.2, 0.25) is 0 Å². The van der Waals surface area contributed by atoms with Crippen molar-refractivity contribution in [1.29, 1.82) is 0 Å². The highest BCUT2D eigenvalue weighted by molar-refractivity contribution is 7.80. The molecule has 9 heteroatoms. The maximum atomic E-state index is 5.55. The number of para-hydroxylation sites is 1. The van der Waals surface area contributed by atoms with Crippen LogP contribution in [0, 0.1) is 6.92 Å². The molecule has 30 heavy (non-hydrogen) atoms. The van der Waals surface area contributed by atoms with Crippen LogP contribution in [0.5, 0.6) is 0 Å². The first-order chi connectivity index (χ1) is 14.7. The Balaban J connectivity index is 1.56. The van der Waals surface area contributed by atoms with Crippen LogP contribution in [0.25, 0.3) is 5.69 Å². The number of aryl methyl sites for hydroxylation is 1. The average molecular weight is 419 g/mol. The van der Waals surface area contributed by atoms with Gasteiger partial charge in [0.2, 0.25) is 22.6 Å². The minimum absolute atomic E-state index is 0.390. The maximum Gasteiger partial charge on any atom is 0.236 e. The van der Waals surface area contributed by atoms with Crippen LogP contribution in [-0.4, -0.2) is 45.1 Å². The van der Waals surface area contributed by atoms with Crippen molar-refractivity contribution in [2.75, 3.05) is 29.9 Å². The average Bonchev–Trinajstić information content (AvgIpc) is 3.48. The molecule has 3 heterocycles. The predicted molar refractivity (Wildman–Crippen MR) is 122 cm³/mol. The van der Waals surface area contributed by atoms with E-state index in [9.17, 15) is 0 Å². The third-order valence-corrected chi connectivity index (χ3v) is 5.26. The molecule has 2 aliphatic rings. The lowest BCUT2D eigenvalue weighted by Crippen LogP contribution is -2.38. The third-order valence-electron chi connectivity index (χ3n) is 5.07. The van der Waals surface area contributed by atoms with E-state index in [1.165, 1.54) is 5.56 Å². The molecule has 0 aliphatic carbocycles. The molecule has 0 atom stereocenters. The summed E-state index contributed by atoms with van der Waals surface area (Å²) in [7, 11) is 0. The summed E-state index contributed by atoms with van der Waals surface area (Å²) in [6, 6.07) is 18.0. The van der Waals surface area contributed by atoms with Crippen molar-refractivity contribution in [3.8, 4) is 5.69 Å². The standard InChI is InChI=1S/C21H22N8S/c1-15-7-9-16(10-8-15)24-19(30)25-20-28-14-13-27(18-22-11-12-23-18)21(28)26-29(20)17-5-3-2-4-6-17/h2-10H,11-14H2,1H3,(H,22,23)(H,24,30)/b25-20+. The number of anilines is 2. The Bertz CT molecular complexity index is 1170. The molecule has 2 aromatic carbocycles. The van der Waals surface area contributed by atoms with E-state index in [0.29, 0.717) is 10.7 Å². The second kappa shape index (κ2) is 7.75. The molecule has 3 aromatic rings. The summed E-state index contributed by atoms with van der Waals surface area (Å²) in [4.78, 5) is 11.4. The number of aliphatic imine (C=N–C) groups is 1. The van der Waals surface area contributed by atoms with Gasteiger partial charge in [0.05, 0.1) is 12.2 Å². The molecule has 0 radical (unpaired) electrons. The minimum atomic E-state index is 0.390. The Labute approximate surface area is 179 Å². The normalized spacial score (nSPS) is 15.7. The van der Waals surface area contributed by atoms with Crippen molar-refractivity contribution in [3.63, 3.8) is 0 Å². The molecule has 0 fully saturated rings. The molecule has 0 unspecified atom stereocenters. The second-order valence-electron chi connectivity index (χ2n) is 7.19. The van der Waals surface area contributed by atoms with Gasteiger partial charge in [0.1, 0.15) is 0 Å². The monoisotopic (exact) mass is 418 g/mol. The van der Waals surface area contributed by atoms with Crippen LogP contribution in [0.1, 0.15) is 5.56 Å². The van der Waals surface area contributed by atoms with Gasteiger partial charge >= 0.3 is 0 Å². The van der Waals surface area contributed by atoms with Gasteiger partial charge in [-0.05, 0) is 43.4 Å². The van der Waals surface area contributed by atoms with Gasteiger partial charge in [0.25, 0.3) is 0 Å². The van der Waals surface area contributed by atoms with Gasteiger partial charge in [0.15, 0.2) is 0 Å². The highest BCUT2D eigenvalue weighted by Gasteiger charge is 2.29. The minimum Gasteiger partial charge on any atom is -0.354 e. The van der Waals surface area contributed by atoms with Crippen LogP contribution >= 0.6 is 12.2 Å². The van der Waals surface area contributed by atoms with Gasteiger partial charge in [-0.2, -0.15) is 9.67 Å². The van der Waals surface area contributed by atoms with Gasteiger partial charge < -0.3 is 10.6 Å². The first-order valence-electron chi connectivity index (χ1n) is 9.92. The Hall–Kier alpha value is -3.46. The van der Waals surface area contributed by atoms with Gasteiger partial charge in [-0.25, -0.2) is 0 Å². The van der Waals surface area contributed by atoms with Gasteiger partial charge in [0, 0.05) is 25.3 Å². The predicted octanol–water partition coefficient (Wildman–Crippen LogP) is 2.06. The highest BCUT2D eigenvalue weighted by Crippen LogP contribution is 2.19. The van der Waals surface area contributed by atoms with Crippen molar-refractivity contribution in [1.82, 2.24) is 19.7 Å². The molecule has 152 valence electrons. The van der Waals surface area contributed by atoms with E-state index >= 15 is 0 Å². The molecular weight excluding hydrogens is 396 g/mol. The van der Waals surface area contributed by atoms with Crippen molar-refractivity contribution >= 4 is 34.9 Å². The van der Waals surface area contributed by atoms with E-state index in [4.69, 9.17) is 22.3 Å². The van der Waals surface area contributed by atoms with E-state index in [0.717, 1.165) is 49.5 Å². The first kappa shape index (κ1) is 18.6. The molecule has 1 aromatic heterocycles. The second-order valence-corrected chi connectivity index (χ2v) is 7.58. The number of nitrogens with one attached hydrogen (secondary N) is 2. The Morgan fingerprint density at radius 3 is 2.63 bits per heavy atom. The Morgan fingerprint density at radius 1 is 1.10 bits per heavy atom. The van der Waals surface area contributed by atoms with Crippen LogP contribution in [0.3, 0.4) is 0 Å². The molecule has 8 nitrogen and oxygen atoms in total. The summed E-state index contributed by atoms with van der Waals surface area (Å²) in [6.07, 6.45) is 0. The summed E-state index contributed by atoms with van der Waals surface area (Å²) in [5.41, 5.74) is 3.72. The van der Waals surface area contributed by atoms with Crippen molar-refractivity contribution in [2.24, 2.45) is 9.98 Å². The number of fused-ring (bicyclic) bond motifs is 1. The zero-order chi connectivity index (χ0) is 20.5. The number of guanidine groups is 1. The highest BCUT2D eigenvalue weighted by atomic mass is 32.1. The van der Waals surface area contributed by atoms with Crippen LogP contribution in [-0.2, 0) is 6.54 Å². The summed E-state index contributed by atoms with van der Waals surface area (Å²) in [6.45, 7) is 5.25. The fourth-order valence-corrected chi connectivity index (χ4v) is 3.79. The first-order valence-corrected chi connectivity index (χ1v) is 10.3. The number of benzene rings is 2. The van der Waals surface area contributed by atoms with E-state index in [2.05, 4.69) is 32.0 Å². The van der Waals surface area contributed by atoms with Gasteiger partial charge in [-0.1, -0.05) is 35.9 Å². The lowest BCUT2D eigenvalue weighted by Gasteiger charge is -2.15. The molecule has 0 saturated carbocycles. The van der Waals surface area contributed by atoms with Crippen LogP contribution in [0.4, 0.5) is 11.6 Å². The van der Waals surface area contributed by atoms with Crippen LogP contribution in [0.15, 0.2) is 64.6 Å². The molecule has 0 amide bonds. The topological polar surface area (TPSA) is 74.8 Å². The number of nitrogens with zero attached hydrogens (tertiary/aromatic N) is 6. The van der Waals surface area contributed by atoms with Gasteiger partial charge in [-0.3, -0.25) is 14.5 Å². The number of hydrogen-bond donors (Lipinski definition) is 2. The number of aromatic nitrogens is 3. The number of hydrogen-bond acceptors (Lipinski definition) is 5. The molecular formula is C21H22N8S. The van der Waals surface area contributed by atoms with E-state index in [1.54, 1.807) is 0 Å². The van der Waals surface area contributed by atoms with Crippen molar-refractivity contribution in [3.05, 3.63) is 65.8 Å². The molecule has 2 N–H and O–H groups in total. The smallest absolute Gasteiger partial charge is 0.236 e. The Kier molecular flexibility index (Phi) is 4.80. The van der Waals surface area contributed by atoms with E-state index in [-0.39, 0.29) is 0 Å². The zero-order valence-corrected chi connectivity index (χ0v) is 17.4. The van der Waals surface area contributed by atoms with Gasteiger partial charge in [-0.15, -0.1) is 5.10 Å². The van der Waals surface area contributed by atoms with Crippen molar-refractivity contribution < 1.29 is 0 Å². The fraction of sp³-hybridized carbons (Fsp3) is 0.238. The maximum absolute atomic E-state index is 5.55. The molecule has 5 rings (SSSR count). The fourth-order valence-electron chi connectivity index (χ4n) is 3.59. The number of thiocarbonyl (C=S) groups is 1. The van der Waals surface area contributed by atoms with Crippen LogP contribution < -0.4 is 21.2 Å². The number of rotatable bonds is 2. The Morgan fingerprint density at radius 2 is 1.90 bits per heavy atom. The lowest BCUT2D eigenvalue weighted by molar-refractivity contribution is 0.701. The summed E-state index contributed by atoms with van der Waals surface area (Å²) >= 11 is 5.55. The molecule has 0 saturated heterocycles. The molecule has 0 spiro atoms. The van der Waals surface area contributed by atoms with Crippen molar-refractivity contribution in [2.45, 2.75) is 13.5 Å². The van der Waals surface area contributed by atoms with E-state index < -0.39 is 0 Å². The zero-order valence-electron chi connectivity index (χ0n) is 16.6. The quantitative estimate of drug-likeness (QED) is 0.623.